The van der Waals surface area contributed by atoms with Crippen molar-refractivity contribution in [3.63, 3.8) is 0 Å². The Bertz CT molecular complexity index is 448. The Morgan fingerprint density at radius 3 is 3.06 bits per heavy atom. The molecular weight excluding hydrogens is 218 g/mol. The average molecular weight is 233 g/mol. The lowest BCUT2D eigenvalue weighted by atomic mass is 10.0. The molecule has 1 atom stereocenters. The number of aliphatic hydroxyl groups is 1. The third kappa shape index (κ3) is 2.49. The molecule has 0 radical (unpaired) electrons. The van der Waals surface area contributed by atoms with Crippen molar-refractivity contribution in [1.82, 2.24) is 0 Å². The van der Waals surface area contributed by atoms with E-state index in [1.165, 1.54) is 0 Å². The quantitative estimate of drug-likeness (QED) is 0.668. The molecule has 1 aliphatic rings. The van der Waals surface area contributed by atoms with E-state index in [1.807, 2.05) is 6.07 Å². The van der Waals surface area contributed by atoms with Gasteiger partial charge in [0.05, 0.1) is 23.5 Å². The molecule has 1 aliphatic heterocycles. The Morgan fingerprint density at radius 1 is 1.59 bits per heavy atom. The number of ether oxygens (including phenoxy) is 1. The number of hydrogen-bond donors (Lipinski definition) is 3. The zero-order valence-corrected chi connectivity index (χ0v) is 9.44. The molecule has 1 aromatic rings. The van der Waals surface area contributed by atoms with Crippen LogP contribution in [0, 0.1) is 11.3 Å². The number of anilines is 2. The van der Waals surface area contributed by atoms with Crippen molar-refractivity contribution in [1.29, 1.82) is 5.26 Å². The number of benzene rings is 1. The van der Waals surface area contributed by atoms with Gasteiger partial charge >= 0.3 is 0 Å². The molecule has 1 saturated heterocycles. The van der Waals surface area contributed by atoms with Crippen LogP contribution in [0.15, 0.2) is 18.2 Å². The van der Waals surface area contributed by atoms with Crippen molar-refractivity contribution in [2.24, 2.45) is 0 Å². The predicted octanol–water partition coefficient (Wildman–Crippen LogP) is 0.704. The standard InChI is InChI=1S/C12H15N3O2/c13-6-9-2-1-3-10(11(9)14)15-7-12(16)4-5-17-8-12/h1-3,15-16H,4-5,7-8,14H2. The maximum Gasteiger partial charge on any atom is 0.107 e. The molecule has 1 unspecified atom stereocenters. The predicted molar refractivity (Wildman–Crippen MR) is 64.4 cm³/mol. The zero-order chi connectivity index (χ0) is 12.3. The zero-order valence-electron chi connectivity index (χ0n) is 9.44. The molecular formula is C12H15N3O2. The summed E-state index contributed by atoms with van der Waals surface area (Å²) >= 11 is 0. The number of nitrogens with zero attached hydrogens (tertiary/aromatic N) is 1. The molecule has 1 fully saturated rings. The van der Waals surface area contributed by atoms with Crippen molar-refractivity contribution in [3.05, 3.63) is 23.8 Å². The Kier molecular flexibility index (Phi) is 3.18. The Balaban J connectivity index is 2.07. The van der Waals surface area contributed by atoms with E-state index in [-0.39, 0.29) is 0 Å². The number of hydrogen-bond acceptors (Lipinski definition) is 5. The maximum absolute atomic E-state index is 10.1. The van der Waals surface area contributed by atoms with E-state index in [9.17, 15) is 5.11 Å². The summed E-state index contributed by atoms with van der Waals surface area (Å²) < 4.78 is 5.15. The summed E-state index contributed by atoms with van der Waals surface area (Å²) in [5, 5.41) is 22.0. The molecule has 0 aliphatic carbocycles. The summed E-state index contributed by atoms with van der Waals surface area (Å²) in [6.45, 7) is 1.27. The van der Waals surface area contributed by atoms with Crippen LogP contribution in [0.1, 0.15) is 12.0 Å². The van der Waals surface area contributed by atoms with E-state index in [0.717, 1.165) is 0 Å². The van der Waals surface area contributed by atoms with Gasteiger partial charge in [-0.1, -0.05) is 6.07 Å². The van der Waals surface area contributed by atoms with E-state index >= 15 is 0 Å². The molecule has 90 valence electrons. The first-order valence-corrected chi connectivity index (χ1v) is 5.47. The maximum atomic E-state index is 10.1. The lowest BCUT2D eigenvalue weighted by Crippen LogP contribution is -2.37. The largest absolute Gasteiger partial charge is 0.396 e. The van der Waals surface area contributed by atoms with Gasteiger partial charge < -0.3 is 20.9 Å². The average Bonchev–Trinajstić information content (AvgIpc) is 2.75. The smallest absolute Gasteiger partial charge is 0.107 e. The molecule has 17 heavy (non-hydrogen) atoms. The van der Waals surface area contributed by atoms with E-state index in [1.54, 1.807) is 18.2 Å². The van der Waals surface area contributed by atoms with E-state index in [2.05, 4.69) is 5.32 Å². The topological polar surface area (TPSA) is 91.3 Å². The van der Waals surface area contributed by atoms with Gasteiger partial charge in [0.25, 0.3) is 0 Å². The summed E-state index contributed by atoms with van der Waals surface area (Å²) in [7, 11) is 0. The fourth-order valence-corrected chi connectivity index (χ4v) is 1.81. The number of para-hydroxylation sites is 1. The third-order valence-electron chi connectivity index (χ3n) is 2.92. The minimum absolute atomic E-state index is 0.331. The molecule has 0 aromatic heterocycles. The van der Waals surface area contributed by atoms with Crippen molar-refractivity contribution >= 4 is 11.4 Å². The van der Waals surface area contributed by atoms with E-state index in [4.69, 9.17) is 15.7 Å². The molecule has 0 amide bonds. The van der Waals surface area contributed by atoms with Gasteiger partial charge in [-0.3, -0.25) is 0 Å². The van der Waals surface area contributed by atoms with Crippen LogP contribution in [0.2, 0.25) is 0 Å². The first-order valence-electron chi connectivity index (χ1n) is 5.47. The van der Waals surface area contributed by atoms with Gasteiger partial charge in [0, 0.05) is 19.6 Å². The summed E-state index contributed by atoms with van der Waals surface area (Å²) in [6.07, 6.45) is 0.609. The highest BCUT2D eigenvalue weighted by molar-refractivity contribution is 5.72. The summed E-state index contributed by atoms with van der Waals surface area (Å²) in [6, 6.07) is 7.22. The fraction of sp³-hybridized carbons (Fsp3) is 0.417. The molecule has 0 saturated carbocycles. The summed E-state index contributed by atoms with van der Waals surface area (Å²) in [4.78, 5) is 0. The number of nitrogens with two attached hydrogens (primary N) is 1. The van der Waals surface area contributed by atoms with Crippen LogP contribution in [-0.4, -0.2) is 30.5 Å². The Labute approximate surface area is 99.8 Å². The number of nitrogens with one attached hydrogen (secondary N) is 1. The van der Waals surface area contributed by atoms with Crippen LogP contribution >= 0.6 is 0 Å². The molecule has 1 heterocycles. The highest BCUT2D eigenvalue weighted by Gasteiger charge is 2.32. The third-order valence-corrected chi connectivity index (χ3v) is 2.92. The van der Waals surface area contributed by atoms with E-state index < -0.39 is 5.60 Å². The molecule has 1 aromatic carbocycles. The number of nitriles is 1. The van der Waals surface area contributed by atoms with Gasteiger partial charge in [-0.2, -0.15) is 5.26 Å². The number of rotatable bonds is 3. The van der Waals surface area contributed by atoms with Gasteiger partial charge in [0.1, 0.15) is 11.7 Å². The van der Waals surface area contributed by atoms with Crippen LogP contribution in [0.4, 0.5) is 11.4 Å². The van der Waals surface area contributed by atoms with Gasteiger partial charge in [-0.15, -0.1) is 0 Å². The van der Waals surface area contributed by atoms with Crippen LogP contribution in [0.5, 0.6) is 0 Å². The first-order chi connectivity index (χ1) is 8.14. The van der Waals surface area contributed by atoms with Crippen molar-refractivity contribution in [2.75, 3.05) is 30.8 Å². The molecule has 0 bridgehead atoms. The molecule has 2 rings (SSSR count). The minimum Gasteiger partial charge on any atom is -0.396 e. The van der Waals surface area contributed by atoms with Gasteiger partial charge in [0.15, 0.2) is 0 Å². The second kappa shape index (κ2) is 4.62. The molecule has 5 heteroatoms. The Hall–Kier alpha value is -1.77. The van der Waals surface area contributed by atoms with Crippen LogP contribution < -0.4 is 11.1 Å². The van der Waals surface area contributed by atoms with Crippen LogP contribution in [0.3, 0.4) is 0 Å². The lowest BCUT2D eigenvalue weighted by molar-refractivity contribution is 0.0382. The van der Waals surface area contributed by atoms with Crippen molar-refractivity contribution < 1.29 is 9.84 Å². The van der Waals surface area contributed by atoms with Crippen molar-refractivity contribution in [3.8, 4) is 6.07 Å². The monoisotopic (exact) mass is 233 g/mol. The van der Waals surface area contributed by atoms with Crippen LogP contribution in [-0.2, 0) is 4.74 Å². The molecule has 5 nitrogen and oxygen atoms in total. The SMILES string of the molecule is N#Cc1cccc(NCC2(O)CCOC2)c1N. The van der Waals surface area contributed by atoms with E-state index in [0.29, 0.717) is 43.1 Å². The number of nitrogen functional groups attached to an aromatic ring is 1. The normalized spacial score (nSPS) is 23.3. The van der Waals surface area contributed by atoms with Crippen molar-refractivity contribution in [2.45, 2.75) is 12.0 Å². The molecule has 0 spiro atoms. The first kappa shape index (κ1) is 11.7. The second-order valence-corrected chi connectivity index (χ2v) is 4.26. The molecule has 4 N–H and O–H groups in total. The van der Waals surface area contributed by atoms with Gasteiger partial charge in [-0.25, -0.2) is 0 Å². The van der Waals surface area contributed by atoms with Crippen LogP contribution in [0.25, 0.3) is 0 Å². The highest BCUT2D eigenvalue weighted by Crippen LogP contribution is 2.24. The fourth-order valence-electron chi connectivity index (χ4n) is 1.81. The minimum atomic E-state index is -0.838. The Morgan fingerprint density at radius 2 is 2.41 bits per heavy atom. The van der Waals surface area contributed by atoms with Gasteiger partial charge in [0.2, 0.25) is 0 Å². The summed E-state index contributed by atoms with van der Waals surface area (Å²) in [5.41, 5.74) is 6.51. The lowest BCUT2D eigenvalue weighted by Gasteiger charge is -2.22. The summed E-state index contributed by atoms with van der Waals surface area (Å²) in [5.74, 6) is 0. The highest BCUT2D eigenvalue weighted by atomic mass is 16.5. The van der Waals surface area contributed by atoms with Gasteiger partial charge in [-0.05, 0) is 12.1 Å². The second-order valence-electron chi connectivity index (χ2n) is 4.26.